The van der Waals surface area contributed by atoms with Gasteiger partial charge in [-0.1, -0.05) is 41.7 Å². The highest BCUT2D eigenvalue weighted by Gasteiger charge is 2.30. The van der Waals surface area contributed by atoms with E-state index in [1.807, 2.05) is 65.0 Å². The molecule has 4 rings (SSSR count). The minimum absolute atomic E-state index is 0.174. The predicted octanol–water partition coefficient (Wildman–Crippen LogP) is 5.91. The molecule has 0 unspecified atom stereocenters. The molecule has 7 nitrogen and oxygen atoms in total. The summed E-state index contributed by atoms with van der Waals surface area (Å²) in [6.45, 7) is 9.75. The molecule has 0 aliphatic rings. The molecule has 0 atom stereocenters. The number of carbonyl (C=O) groups is 1. The van der Waals surface area contributed by atoms with Crippen molar-refractivity contribution in [3.05, 3.63) is 60.2 Å². The first-order chi connectivity index (χ1) is 16.6. The summed E-state index contributed by atoms with van der Waals surface area (Å²) >= 11 is 1.24. The Morgan fingerprint density at radius 1 is 1.06 bits per heavy atom. The number of sulfonamides is 1. The van der Waals surface area contributed by atoms with Crippen LogP contribution in [-0.4, -0.2) is 42.3 Å². The van der Waals surface area contributed by atoms with Gasteiger partial charge in [-0.2, -0.15) is 4.31 Å². The van der Waals surface area contributed by atoms with E-state index in [4.69, 9.17) is 4.74 Å². The van der Waals surface area contributed by atoms with Gasteiger partial charge in [0.05, 0.1) is 27.3 Å². The second-order valence-corrected chi connectivity index (χ2v) is 11.6. The van der Waals surface area contributed by atoms with E-state index in [1.54, 1.807) is 24.3 Å². The van der Waals surface area contributed by atoms with Crippen LogP contribution in [0, 0.1) is 0 Å². The molecule has 0 saturated heterocycles. The highest BCUT2D eigenvalue weighted by atomic mass is 32.2. The summed E-state index contributed by atoms with van der Waals surface area (Å²) in [4.78, 5) is 18.1. The predicted molar refractivity (Wildman–Crippen MR) is 142 cm³/mol. The number of nitrogens with zero attached hydrogens (tertiary/aromatic N) is 2. The third-order valence-corrected chi connectivity index (χ3v) is 8.77. The van der Waals surface area contributed by atoms with Gasteiger partial charge in [-0.25, -0.2) is 13.4 Å². The Hall–Kier alpha value is -3.01. The molecule has 0 radical (unpaired) electrons. The van der Waals surface area contributed by atoms with Gasteiger partial charge >= 0.3 is 0 Å². The number of fused-ring (bicyclic) bond motifs is 2. The number of anilines is 1. The molecule has 0 spiro atoms. The summed E-state index contributed by atoms with van der Waals surface area (Å²) in [6, 6.07) is 15.9. The van der Waals surface area contributed by atoms with E-state index in [2.05, 4.69) is 10.3 Å². The Morgan fingerprint density at radius 3 is 2.46 bits per heavy atom. The average molecular weight is 512 g/mol. The number of hydrogen-bond acceptors (Lipinski definition) is 6. The van der Waals surface area contributed by atoms with Crippen molar-refractivity contribution in [2.45, 2.75) is 51.6 Å². The second kappa shape index (κ2) is 9.93. The molecule has 3 aromatic carbocycles. The van der Waals surface area contributed by atoms with Crippen molar-refractivity contribution in [1.82, 2.24) is 9.29 Å². The molecule has 0 aliphatic carbocycles. The molecular weight excluding hydrogens is 482 g/mol. The van der Waals surface area contributed by atoms with Gasteiger partial charge in [0.15, 0.2) is 5.13 Å². The fourth-order valence-electron chi connectivity index (χ4n) is 4.31. The van der Waals surface area contributed by atoms with Gasteiger partial charge < -0.3 is 4.74 Å². The monoisotopic (exact) mass is 511 g/mol. The van der Waals surface area contributed by atoms with E-state index >= 15 is 0 Å². The molecule has 9 heteroatoms. The van der Waals surface area contributed by atoms with Crippen LogP contribution in [0.15, 0.2) is 59.5 Å². The normalized spacial score (nSPS) is 12.2. The molecule has 0 aliphatic heterocycles. The summed E-state index contributed by atoms with van der Waals surface area (Å²) in [5.41, 5.74) is 1.06. The average Bonchev–Trinajstić information content (AvgIpc) is 3.19. The van der Waals surface area contributed by atoms with Gasteiger partial charge in [0.25, 0.3) is 5.91 Å². The molecule has 35 heavy (non-hydrogen) atoms. The lowest BCUT2D eigenvalue weighted by Gasteiger charge is -2.29. The number of amides is 1. The Balaban J connectivity index is 1.69. The van der Waals surface area contributed by atoms with Gasteiger partial charge in [-0.15, -0.1) is 0 Å². The maximum atomic E-state index is 13.3. The molecule has 4 aromatic rings. The smallest absolute Gasteiger partial charge is 0.261 e. The summed E-state index contributed by atoms with van der Waals surface area (Å²) < 4.78 is 34.5. The van der Waals surface area contributed by atoms with Gasteiger partial charge in [0.2, 0.25) is 10.0 Å². The maximum Gasteiger partial charge on any atom is 0.261 e. The van der Waals surface area contributed by atoms with Crippen molar-refractivity contribution in [1.29, 1.82) is 0 Å². The number of carbonyl (C=O) groups excluding carboxylic acids is 1. The number of rotatable bonds is 8. The van der Waals surface area contributed by atoms with E-state index < -0.39 is 10.0 Å². The van der Waals surface area contributed by atoms with Crippen molar-refractivity contribution in [2.75, 3.05) is 11.9 Å². The number of thiazole rings is 1. The molecule has 184 valence electrons. The largest absolute Gasteiger partial charge is 0.493 e. The fraction of sp³-hybridized carbons (Fsp3) is 0.308. The Labute approximate surface area is 209 Å². The van der Waals surface area contributed by atoms with E-state index in [1.165, 1.54) is 15.6 Å². The summed E-state index contributed by atoms with van der Waals surface area (Å²) in [6.07, 6.45) is 0. The summed E-state index contributed by atoms with van der Waals surface area (Å²) in [7, 11) is -3.68. The number of benzene rings is 3. The maximum absolute atomic E-state index is 13.3. The van der Waals surface area contributed by atoms with E-state index in [0.29, 0.717) is 33.3 Å². The molecule has 1 aromatic heterocycles. The summed E-state index contributed by atoms with van der Waals surface area (Å²) in [5.74, 6) is 0.170. The molecular formula is C26H29N3O4S2. The standard InChI is InChI=1S/C26H29N3O4S2/c1-6-33-22-14-11-18-9-7-8-10-20(18)24(22)25(30)28-26-27-21-13-12-19(15-23(21)34-26)35(31,32)29(16(2)3)17(4)5/h7-17H,6H2,1-5H3,(H,27,28,30). The Morgan fingerprint density at radius 2 is 1.77 bits per heavy atom. The lowest BCUT2D eigenvalue weighted by Crippen LogP contribution is -2.41. The lowest BCUT2D eigenvalue weighted by atomic mass is 10.0. The zero-order chi connectivity index (χ0) is 25.3. The van der Waals surface area contributed by atoms with E-state index in [9.17, 15) is 13.2 Å². The van der Waals surface area contributed by atoms with Crippen LogP contribution < -0.4 is 10.1 Å². The Kier molecular flexibility index (Phi) is 7.12. The third kappa shape index (κ3) is 4.89. The number of nitrogens with one attached hydrogen (secondary N) is 1. The second-order valence-electron chi connectivity index (χ2n) is 8.72. The van der Waals surface area contributed by atoms with E-state index in [0.717, 1.165) is 10.8 Å². The topological polar surface area (TPSA) is 88.6 Å². The van der Waals surface area contributed by atoms with Crippen LogP contribution >= 0.6 is 11.3 Å². The fourth-order valence-corrected chi connectivity index (χ4v) is 7.15. The van der Waals surface area contributed by atoms with Crippen molar-refractivity contribution >= 4 is 53.4 Å². The number of hydrogen-bond donors (Lipinski definition) is 1. The first-order valence-electron chi connectivity index (χ1n) is 11.5. The van der Waals surface area contributed by atoms with Crippen LogP contribution in [-0.2, 0) is 10.0 Å². The molecule has 0 saturated carbocycles. The van der Waals surface area contributed by atoms with Gasteiger partial charge in [-0.05, 0) is 69.7 Å². The zero-order valence-electron chi connectivity index (χ0n) is 20.4. The minimum Gasteiger partial charge on any atom is -0.493 e. The quantitative estimate of drug-likeness (QED) is 0.318. The van der Waals surface area contributed by atoms with Crippen LogP contribution in [0.2, 0.25) is 0 Å². The third-order valence-electron chi connectivity index (χ3n) is 5.59. The SMILES string of the molecule is CCOc1ccc2ccccc2c1C(=O)Nc1nc2ccc(S(=O)(=O)N(C(C)C)C(C)C)cc2s1. The molecule has 1 N–H and O–H groups in total. The summed E-state index contributed by atoms with van der Waals surface area (Å²) in [5, 5.41) is 4.99. The van der Waals surface area contributed by atoms with Gasteiger partial charge in [0, 0.05) is 12.1 Å². The molecule has 0 bridgehead atoms. The van der Waals surface area contributed by atoms with Crippen LogP contribution in [0.4, 0.5) is 5.13 Å². The Bertz CT molecular complexity index is 1490. The number of ether oxygens (including phenoxy) is 1. The lowest BCUT2D eigenvalue weighted by molar-refractivity contribution is 0.102. The molecule has 1 amide bonds. The van der Waals surface area contributed by atoms with Crippen LogP contribution in [0.3, 0.4) is 0 Å². The highest BCUT2D eigenvalue weighted by molar-refractivity contribution is 7.89. The zero-order valence-corrected chi connectivity index (χ0v) is 22.0. The van der Waals surface area contributed by atoms with Crippen molar-refractivity contribution in [3.63, 3.8) is 0 Å². The van der Waals surface area contributed by atoms with Crippen LogP contribution in [0.5, 0.6) is 5.75 Å². The van der Waals surface area contributed by atoms with Crippen molar-refractivity contribution < 1.29 is 17.9 Å². The number of aromatic nitrogens is 1. The minimum atomic E-state index is -3.68. The van der Waals surface area contributed by atoms with Crippen molar-refractivity contribution in [3.8, 4) is 5.75 Å². The van der Waals surface area contributed by atoms with Gasteiger partial charge in [0.1, 0.15) is 5.75 Å². The molecule has 1 heterocycles. The van der Waals surface area contributed by atoms with Crippen LogP contribution in [0.25, 0.3) is 21.0 Å². The first-order valence-corrected chi connectivity index (χ1v) is 13.8. The van der Waals surface area contributed by atoms with Gasteiger partial charge in [-0.3, -0.25) is 10.1 Å². The van der Waals surface area contributed by atoms with Crippen LogP contribution in [0.1, 0.15) is 45.0 Å². The van der Waals surface area contributed by atoms with E-state index in [-0.39, 0.29) is 22.9 Å². The van der Waals surface area contributed by atoms with Crippen molar-refractivity contribution in [2.24, 2.45) is 0 Å². The first kappa shape index (κ1) is 25.1. The highest BCUT2D eigenvalue weighted by Crippen LogP contribution is 2.33. The molecule has 0 fully saturated rings.